The standard InChI is InChI=1S/C19H27NO2Si/c1-19(2,3)23(4,5)22-17-13-11-16(12-14-17)20-18(21)15-9-7-6-8-10-15/h6-14,18,20-21H,1-5H3. The molecule has 0 aromatic heterocycles. The van der Waals surface area contributed by atoms with Crippen LogP contribution in [0, 0.1) is 0 Å². The van der Waals surface area contributed by atoms with Gasteiger partial charge in [0.25, 0.3) is 0 Å². The quantitative estimate of drug-likeness (QED) is 0.587. The lowest BCUT2D eigenvalue weighted by molar-refractivity contribution is 0.208. The second-order valence-electron chi connectivity index (χ2n) is 7.34. The molecule has 0 fully saturated rings. The molecule has 124 valence electrons. The zero-order chi connectivity index (χ0) is 17.1. The fraction of sp³-hybridized carbons (Fsp3) is 0.368. The molecule has 23 heavy (non-hydrogen) atoms. The fourth-order valence-electron chi connectivity index (χ4n) is 1.94. The maximum absolute atomic E-state index is 10.2. The van der Waals surface area contributed by atoms with Gasteiger partial charge in [0.15, 0.2) is 6.23 Å². The molecule has 0 saturated carbocycles. The van der Waals surface area contributed by atoms with E-state index >= 15 is 0 Å². The summed E-state index contributed by atoms with van der Waals surface area (Å²) in [5, 5.41) is 13.5. The van der Waals surface area contributed by atoms with Crippen LogP contribution in [0.25, 0.3) is 0 Å². The lowest BCUT2D eigenvalue weighted by atomic mass is 10.2. The van der Waals surface area contributed by atoms with Gasteiger partial charge in [-0.1, -0.05) is 51.1 Å². The van der Waals surface area contributed by atoms with Crippen molar-refractivity contribution in [1.82, 2.24) is 0 Å². The van der Waals surface area contributed by atoms with Gasteiger partial charge in [0.05, 0.1) is 0 Å². The number of nitrogens with one attached hydrogen (secondary N) is 1. The van der Waals surface area contributed by atoms with E-state index in [1.165, 1.54) is 0 Å². The van der Waals surface area contributed by atoms with Crippen LogP contribution >= 0.6 is 0 Å². The zero-order valence-electron chi connectivity index (χ0n) is 14.6. The predicted molar refractivity (Wildman–Crippen MR) is 99.3 cm³/mol. The molecule has 3 nitrogen and oxygen atoms in total. The van der Waals surface area contributed by atoms with Crippen molar-refractivity contribution in [1.29, 1.82) is 0 Å². The van der Waals surface area contributed by atoms with Gasteiger partial charge >= 0.3 is 0 Å². The minimum absolute atomic E-state index is 0.174. The van der Waals surface area contributed by atoms with Crippen molar-refractivity contribution in [3.63, 3.8) is 0 Å². The maximum atomic E-state index is 10.2. The third-order valence-corrected chi connectivity index (χ3v) is 8.81. The molecular formula is C19H27NO2Si. The molecule has 0 aliphatic rings. The summed E-state index contributed by atoms with van der Waals surface area (Å²) in [5.41, 5.74) is 1.71. The smallest absolute Gasteiger partial charge is 0.250 e. The Labute approximate surface area is 140 Å². The van der Waals surface area contributed by atoms with E-state index in [-0.39, 0.29) is 5.04 Å². The van der Waals surface area contributed by atoms with Crippen molar-refractivity contribution in [3.8, 4) is 5.75 Å². The first-order valence-electron chi connectivity index (χ1n) is 7.98. The molecule has 2 aromatic rings. The Bertz CT molecular complexity index is 618. The van der Waals surface area contributed by atoms with Crippen LogP contribution < -0.4 is 9.74 Å². The Hall–Kier alpha value is -1.78. The van der Waals surface area contributed by atoms with Crippen LogP contribution in [-0.2, 0) is 0 Å². The summed E-state index contributed by atoms with van der Waals surface area (Å²) in [4.78, 5) is 0. The van der Waals surface area contributed by atoms with Crippen LogP contribution in [0.2, 0.25) is 18.1 Å². The molecule has 0 heterocycles. The largest absolute Gasteiger partial charge is 0.544 e. The lowest BCUT2D eigenvalue weighted by Crippen LogP contribution is -2.43. The van der Waals surface area contributed by atoms with Crippen molar-refractivity contribution in [3.05, 3.63) is 60.2 Å². The summed E-state index contributed by atoms with van der Waals surface area (Å²) >= 11 is 0. The number of aliphatic hydroxyl groups excluding tert-OH is 1. The van der Waals surface area contributed by atoms with E-state index in [1.807, 2.05) is 54.6 Å². The van der Waals surface area contributed by atoms with E-state index in [2.05, 4.69) is 39.2 Å². The van der Waals surface area contributed by atoms with Crippen LogP contribution in [-0.4, -0.2) is 13.4 Å². The molecule has 2 N–H and O–H groups in total. The molecule has 0 spiro atoms. The molecule has 0 saturated heterocycles. The minimum atomic E-state index is -1.82. The minimum Gasteiger partial charge on any atom is -0.544 e. The topological polar surface area (TPSA) is 41.5 Å². The Morgan fingerprint density at radius 3 is 2.04 bits per heavy atom. The molecule has 1 unspecified atom stereocenters. The van der Waals surface area contributed by atoms with E-state index in [4.69, 9.17) is 4.43 Å². The van der Waals surface area contributed by atoms with Gasteiger partial charge in [0, 0.05) is 11.3 Å². The molecule has 2 rings (SSSR count). The molecular weight excluding hydrogens is 302 g/mol. The monoisotopic (exact) mass is 329 g/mol. The van der Waals surface area contributed by atoms with Gasteiger partial charge in [0.2, 0.25) is 8.32 Å². The number of rotatable bonds is 5. The second kappa shape index (κ2) is 6.77. The molecule has 0 amide bonds. The van der Waals surface area contributed by atoms with Gasteiger partial charge in [-0.3, -0.25) is 0 Å². The van der Waals surface area contributed by atoms with Crippen LogP contribution in [0.5, 0.6) is 5.75 Å². The van der Waals surface area contributed by atoms with Crippen molar-refractivity contribution in [2.75, 3.05) is 5.32 Å². The van der Waals surface area contributed by atoms with Gasteiger partial charge in [-0.15, -0.1) is 0 Å². The van der Waals surface area contributed by atoms with Crippen LogP contribution in [0.1, 0.15) is 32.6 Å². The van der Waals surface area contributed by atoms with E-state index in [0.717, 1.165) is 17.0 Å². The highest BCUT2D eigenvalue weighted by Gasteiger charge is 2.38. The summed E-state index contributed by atoms with van der Waals surface area (Å²) in [5.74, 6) is 0.886. The Morgan fingerprint density at radius 2 is 1.52 bits per heavy atom. The van der Waals surface area contributed by atoms with Gasteiger partial charge in [-0.05, 0) is 42.4 Å². The summed E-state index contributed by atoms with van der Waals surface area (Å²) in [6.07, 6.45) is -0.719. The molecule has 0 bridgehead atoms. The molecule has 0 radical (unpaired) electrons. The molecule has 4 heteroatoms. The highest BCUT2D eigenvalue weighted by molar-refractivity contribution is 6.74. The Balaban J connectivity index is 2.03. The van der Waals surface area contributed by atoms with E-state index < -0.39 is 14.5 Å². The number of aliphatic hydroxyl groups is 1. The number of anilines is 1. The SMILES string of the molecule is CC(C)(C)[Si](C)(C)Oc1ccc(NC(O)c2ccccc2)cc1. The maximum Gasteiger partial charge on any atom is 0.250 e. The zero-order valence-corrected chi connectivity index (χ0v) is 15.6. The van der Waals surface area contributed by atoms with Crippen molar-refractivity contribution in [2.45, 2.75) is 45.1 Å². The number of benzene rings is 2. The third-order valence-electron chi connectivity index (χ3n) is 4.45. The summed E-state index contributed by atoms with van der Waals surface area (Å²) in [6.45, 7) is 11.2. The van der Waals surface area contributed by atoms with E-state index in [1.54, 1.807) is 0 Å². The first-order chi connectivity index (χ1) is 10.7. The number of hydrogen-bond donors (Lipinski definition) is 2. The van der Waals surface area contributed by atoms with Crippen molar-refractivity contribution < 1.29 is 9.53 Å². The van der Waals surface area contributed by atoms with Crippen LogP contribution in [0.15, 0.2) is 54.6 Å². The fourth-order valence-corrected chi connectivity index (χ4v) is 2.97. The van der Waals surface area contributed by atoms with Crippen molar-refractivity contribution in [2.24, 2.45) is 0 Å². The van der Waals surface area contributed by atoms with E-state index in [0.29, 0.717) is 0 Å². The second-order valence-corrected chi connectivity index (χ2v) is 12.1. The summed E-state index contributed by atoms with van der Waals surface area (Å²) < 4.78 is 6.26. The lowest BCUT2D eigenvalue weighted by Gasteiger charge is -2.36. The molecule has 1 atom stereocenters. The summed E-state index contributed by atoms with van der Waals surface area (Å²) in [6, 6.07) is 17.3. The van der Waals surface area contributed by atoms with Gasteiger partial charge in [-0.25, -0.2) is 0 Å². The third kappa shape index (κ3) is 4.59. The van der Waals surface area contributed by atoms with Crippen molar-refractivity contribution >= 4 is 14.0 Å². The molecule has 0 aliphatic carbocycles. The Kier molecular flexibility index (Phi) is 5.17. The van der Waals surface area contributed by atoms with E-state index in [9.17, 15) is 5.11 Å². The van der Waals surface area contributed by atoms with Gasteiger partial charge in [-0.2, -0.15) is 0 Å². The van der Waals surface area contributed by atoms with Gasteiger partial charge < -0.3 is 14.8 Å². The normalized spacial score (nSPS) is 13.5. The first kappa shape index (κ1) is 17.6. The van der Waals surface area contributed by atoms with Crippen LogP contribution in [0.3, 0.4) is 0 Å². The Morgan fingerprint density at radius 1 is 0.957 bits per heavy atom. The average Bonchev–Trinajstić information content (AvgIpc) is 2.48. The molecule has 2 aromatic carbocycles. The summed E-state index contributed by atoms with van der Waals surface area (Å²) in [7, 11) is -1.82. The highest BCUT2D eigenvalue weighted by Crippen LogP contribution is 2.37. The highest BCUT2D eigenvalue weighted by atomic mass is 28.4. The van der Waals surface area contributed by atoms with Crippen LogP contribution in [0.4, 0.5) is 5.69 Å². The molecule has 0 aliphatic heterocycles. The van der Waals surface area contributed by atoms with Gasteiger partial charge in [0.1, 0.15) is 5.75 Å². The predicted octanol–water partition coefficient (Wildman–Crippen LogP) is 5.17. The average molecular weight is 330 g/mol. The number of hydrogen-bond acceptors (Lipinski definition) is 3. The first-order valence-corrected chi connectivity index (χ1v) is 10.9.